The molecule has 0 aromatic rings. The van der Waals surface area contributed by atoms with E-state index in [4.69, 9.17) is 18.9 Å². The van der Waals surface area contributed by atoms with E-state index in [0.717, 1.165) is 70.6 Å². The Morgan fingerprint density at radius 2 is 1.17 bits per heavy atom. The lowest BCUT2D eigenvalue weighted by atomic mass is 9.99. The summed E-state index contributed by atoms with van der Waals surface area (Å²) >= 11 is 0. The van der Waals surface area contributed by atoms with Crippen LogP contribution in [0.3, 0.4) is 0 Å². The minimum absolute atomic E-state index is 0.118. The molecule has 1 aliphatic rings. The fourth-order valence-corrected chi connectivity index (χ4v) is 6.01. The molecule has 1 rings (SSSR count). The largest absolute Gasteiger partial charge is 0.457 e. The van der Waals surface area contributed by atoms with Crippen LogP contribution in [0, 0.1) is 0 Å². The predicted molar refractivity (Wildman–Crippen MR) is 210 cm³/mol. The fraction of sp³-hybridized carbons (Fsp3) is 0.791. The van der Waals surface area contributed by atoms with Gasteiger partial charge in [0, 0.05) is 13.0 Å². The zero-order chi connectivity index (χ0) is 37.9. The summed E-state index contributed by atoms with van der Waals surface area (Å²) in [4.78, 5) is 12.7. The molecule has 0 spiro atoms. The van der Waals surface area contributed by atoms with Gasteiger partial charge in [-0.1, -0.05) is 146 Å². The van der Waals surface area contributed by atoms with Crippen LogP contribution in [0.25, 0.3) is 0 Å². The summed E-state index contributed by atoms with van der Waals surface area (Å²) in [6.07, 6.45) is 34.3. The standard InChI is InChI=1S/C43H76O9/c1-3-5-7-9-11-13-14-15-16-17-18-19-20-21-22-23-25-27-29-31-33-49-35-37(36-50-43-42(48)41(47)40(46)38(34-44)52-43)51-39(45)32-30-28-26-24-12-10-8-6-4-2/h5,7,11,13,15-16,18-19,37-38,40-44,46-48H,3-4,6,8-10,12,14,17,20-36H2,1-2H3/b7-5-,13-11-,16-15-,19-18-. The van der Waals surface area contributed by atoms with E-state index in [1.165, 1.54) is 64.2 Å². The molecule has 302 valence electrons. The zero-order valence-electron chi connectivity index (χ0n) is 32.8. The van der Waals surface area contributed by atoms with Crippen molar-refractivity contribution in [3.05, 3.63) is 48.6 Å². The number of allylic oxidation sites excluding steroid dienone is 8. The van der Waals surface area contributed by atoms with Crippen LogP contribution in [0.4, 0.5) is 0 Å². The van der Waals surface area contributed by atoms with Crippen LogP contribution in [0.2, 0.25) is 0 Å². The highest BCUT2D eigenvalue weighted by Gasteiger charge is 2.44. The molecule has 0 saturated carbocycles. The van der Waals surface area contributed by atoms with Crippen molar-refractivity contribution in [1.82, 2.24) is 0 Å². The molecule has 9 heteroatoms. The minimum Gasteiger partial charge on any atom is -0.457 e. The Kier molecular flexibility index (Phi) is 32.3. The number of unbranched alkanes of at least 4 members (excludes halogenated alkanes) is 15. The van der Waals surface area contributed by atoms with E-state index in [9.17, 15) is 25.2 Å². The van der Waals surface area contributed by atoms with E-state index in [0.29, 0.717) is 13.0 Å². The van der Waals surface area contributed by atoms with Crippen molar-refractivity contribution < 1.29 is 44.2 Å². The maximum Gasteiger partial charge on any atom is 0.306 e. The smallest absolute Gasteiger partial charge is 0.306 e. The number of rotatable bonds is 34. The monoisotopic (exact) mass is 737 g/mol. The number of hydrogen-bond acceptors (Lipinski definition) is 9. The molecule has 0 bridgehead atoms. The second-order valence-electron chi connectivity index (χ2n) is 14.1. The van der Waals surface area contributed by atoms with Gasteiger partial charge in [0.15, 0.2) is 6.29 Å². The molecule has 52 heavy (non-hydrogen) atoms. The Bertz CT molecular complexity index is 932. The summed E-state index contributed by atoms with van der Waals surface area (Å²) in [5.41, 5.74) is 0. The molecule has 0 radical (unpaired) electrons. The van der Waals surface area contributed by atoms with Gasteiger partial charge in [0.25, 0.3) is 0 Å². The van der Waals surface area contributed by atoms with Gasteiger partial charge in [-0.25, -0.2) is 0 Å². The number of hydrogen-bond donors (Lipinski definition) is 4. The van der Waals surface area contributed by atoms with Crippen molar-refractivity contribution in [3.8, 4) is 0 Å². The summed E-state index contributed by atoms with van der Waals surface area (Å²) in [7, 11) is 0. The number of aliphatic hydroxyl groups excluding tert-OH is 4. The summed E-state index contributed by atoms with van der Waals surface area (Å²) in [6.45, 7) is 4.39. The molecule has 0 amide bonds. The fourth-order valence-electron chi connectivity index (χ4n) is 6.01. The number of carbonyl (C=O) groups excluding carboxylic acids is 1. The highest BCUT2D eigenvalue weighted by atomic mass is 16.7. The second kappa shape index (κ2) is 34.9. The third kappa shape index (κ3) is 26.0. The summed E-state index contributed by atoms with van der Waals surface area (Å²) in [6, 6.07) is 0. The van der Waals surface area contributed by atoms with E-state index >= 15 is 0 Å². The van der Waals surface area contributed by atoms with Crippen LogP contribution in [-0.2, 0) is 23.7 Å². The van der Waals surface area contributed by atoms with Gasteiger partial charge in [-0.05, 0) is 51.4 Å². The molecular weight excluding hydrogens is 660 g/mol. The number of aliphatic hydroxyl groups is 4. The first-order valence-corrected chi connectivity index (χ1v) is 20.7. The van der Waals surface area contributed by atoms with Crippen molar-refractivity contribution in [3.63, 3.8) is 0 Å². The Balaban J connectivity index is 2.26. The van der Waals surface area contributed by atoms with E-state index in [1.54, 1.807) is 0 Å². The maximum atomic E-state index is 12.7. The Labute approximate surface area is 316 Å². The molecular formula is C43H76O9. The zero-order valence-corrected chi connectivity index (χ0v) is 32.8. The first-order valence-electron chi connectivity index (χ1n) is 20.7. The molecule has 0 aliphatic carbocycles. The summed E-state index contributed by atoms with van der Waals surface area (Å²) in [5, 5.41) is 40.0. The lowest BCUT2D eigenvalue weighted by Crippen LogP contribution is -2.59. The van der Waals surface area contributed by atoms with Gasteiger partial charge >= 0.3 is 5.97 Å². The molecule has 1 aliphatic heterocycles. The van der Waals surface area contributed by atoms with Crippen molar-refractivity contribution in [2.24, 2.45) is 0 Å². The van der Waals surface area contributed by atoms with Crippen molar-refractivity contribution >= 4 is 5.97 Å². The van der Waals surface area contributed by atoms with Gasteiger partial charge in [-0.15, -0.1) is 0 Å². The first-order chi connectivity index (χ1) is 25.4. The molecule has 1 saturated heterocycles. The van der Waals surface area contributed by atoms with Gasteiger partial charge in [0.05, 0.1) is 19.8 Å². The molecule has 0 aromatic carbocycles. The maximum absolute atomic E-state index is 12.7. The lowest BCUT2D eigenvalue weighted by molar-refractivity contribution is -0.305. The summed E-state index contributed by atoms with van der Waals surface area (Å²) in [5.74, 6) is -0.323. The molecule has 6 unspecified atom stereocenters. The van der Waals surface area contributed by atoms with Crippen LogP contribution >= 0.6 is 0 Å². The molecule has 1 heterocycles. The molecule has 1 fully saturated rings. The van der Waals surface area contributed by atoms with Crippen molar-refractivity contribution in [1.29, 1.82) is 0 Å². The van der Waals surface area contributed by atoms with Crippen LogP contribution in [-0.4, -0.2) is 89.6 Å². The average Bonchev–Trinajstić information content (AvgIpc) is 3.14. The van der Waals surface area contributed by atoms with E-state index in [2.05, 4.69) is 62.5 Å². The molecule has 6 atom stereocenters. The summed E-state index contributed by atoms with van der Waals surface area (Å²) < 4.78 is 22.7. The van der Waals surface area contributed by atoms with Crippen LogP contribution < -0.4 is 0 Å². The predicted octanol–water partition coefficient (Wildman–Crippen LogP) is 8.58. The normalized spacial score (nSPS) is 21.7. The van der Waals surface area contributed by atoms with Gasteiger partial charge in [0.2, 0.25) is 0 Å². The lowest BCUT2D eigenvalue weighted by Gasteiger charge is -2.39. The quantitative estimate of drug-likeness (QED) is 0.0291. The van der Waals surface area contributed by atoms with E-state index < -0.39 is 43.4 Å². The Morgan fingerprint density at radius 3 is 1.77 bits per heavy atom. The third-order valence-electron chi connectivity index (χ3n) is 9.26. The van der Waals surface area contributed by atoms with Crippen LogP contribution in [0.15, 0.2) is 48.6 Å². The molecule has 4 N–H and O–H groups in total. The van der Waals surface area contributed by atoms with Crippen molar-refractivity contribution in [2.45, 2.75) is 192 Å². The SMILES string of the molecule is CC/C=C\C/C=C\C/C=C\C/C=C\CCCCCCCCCOCC(COC1OC(CO)C(O)C(O)C1O)OC(=O)CCCCCCCCCCC. The van der Waals surface area contributed by atoms with Gasteiger partial charge < -0.3 is 39.4 Å². The first kappa shape index (κ1) is 48.2. The number of carbonyl (C=O) groups is 1. The van der Waals surface area contributed by atoms with Gasteiger partial charge in [-0.3, -0.25) is 4.79 Å². The highest BCUT2D eigenvalue weighted by molar-refractivity contribution is 5.69. The van der Waals surface area contributed by atoms with E-state index in [1.807, 2.05) is 0 Å². The molecule has 9 nitrogen and oxygen atoms in total. The number of esters is 1. The average molecular weight is 737 g/mol. The Hall–Kier alpha value is -1.85. The minimum atomic E-state index is -1.54. The second-order valence-corrected chi connectivity index (χ2v) is 14.1. The van der Waals surface area contributed by atoms with Crippen LogP contribution in [0.1, 0.15) is 155 Å². The van der Waals surface area contributed by atoms with Gasteiger partial charge in [-0.2, -0.15) is 0 Å². The highest BCUT2D eigenvalue weighted by Crippen LogP contribution is 2.22. The van der Waals surface area contributed by atoms with E-state index in [-0.39, 0.29) is 19.2 Å². The van der Waals surface area contributed by atoms with Crippen molar-refractivity contribution in [2.75, 3.05) is 26.4 Å². The molecule has 0 aromatic heterocycles. The number of ether oxygens (including phenoxy) is 4. The third-order valence-corrected chi connectivity index (χ3v) is 9.26. The van der Waals surface area contributed by atoms with Gasteiger partial charge in [0.1, 0.15) is 30.5 Å². The van der Waals surface area contributed by atoms with Crippen LogP contribution in [0.5, 0.6) is 0 Å². The topological polar surface area (TPSA) is 135 Å². The Morgan fingerprint density at radius 1 is 0.635 bits per heavy atom.